The van der Waals surface area contributed by atoms with Gasteiger partial charge in [-0.1, -0.05) is 0 Å². The van der Waals surface area contributed by atoms with Crippen LogP contribution in [-0.4, -0.2) is 55.3 Å². The van der Waals surface area contributed by atoms with Crippen LogP contribution in [0.2, 0.25) is 0 Å². The zero-order chi connectivity index (χ0) is 12.8. The minimum atomic E-state index is -0.129. The molecule has 17 heavy (non-hydrogen) atoms. The number of piperidine rings is 1. The maximum atomic E-state index is 11.9. The quantitative estimate of drug-likeness (QED) is 0.707. The van der Waals surface area contributed by atoms with E-state index >= 15 is 0 Å². The van der Waals surface area contributed by atoms with Crippen LogP contribution in [0.4, 0.5) is 0 Å². The molecule has 0 aromatic heterocycles. The van der Waals surface area contributed by atoms with Crippen LogP contribution >= 0.6 is 0 Å². The highest BCUT2D eigenvalue weighted by molar-refractivity contribution is 5.96. The molecule has 98 valence electrons. The number of hydrogen-bond donors (Lipinski definition) is 1. The van der Waals surface area contributed by atoms with Gasteiger partial charge in [-0.25, -0.2) is 0 Å². The van der Waals surface area contributed by atoms with E-state index in [-0.39, 0.29) is 18.2 Å². The Labute approximate surface area is 103 Å². The van der Waals surface area contributed by atoms with Crippen LogP contribution in [0.25, 0.3) is 0 Å². The number of carbonyl (C=O) groups excluding carboxylic acids is 2. The highest BCUT2D eigenvalue weighted by Gasteiger charge is 2.24. The fourth-order valence-corrected chi connectivity index (χ4v) is 2.16. The van der Waals surface area contributed by atoms with Crippen molar-refractivity contribution in [3.63, 3.8) is 0 Å². The average molecular weight is 241 g/mol. The molecule has 0 bridgehead atoms. The highest BCUT2D eigenvalue weighted by atomic mass is 16.2. The van der Waals surface area contributed by atoms with E-state index in [1.165, 1.54) is 4.90 Å². The molecule has 2 amide bonds. The summed E-state index contributed by atoms with van der Waals surface area (Å²) >= 11 is 0. The second kappa shape index (κ2) is 6.59. The van der Waals surface area contributed by atoms with Crippen molar-refractivity contribution < 1.29 is 9.59 Å². The fourth-order valence-electron chi connectivity index (χ4n) is 2.16. The monoisotopic (exact) mass is 241 g/mol. The molecule has 1 rings (SSSR count). The molecule has 1 unspecified atom stereocenters. The second-order valence-electron chi connectivity index (χ2n) is 4.89. The van der Waals surface area contributed by atoms with Crippen LogP contribution in [0, 0.1) is 5.92 Å². The lowest BCUT2D eigenvalue weighted by Gasteiger charge is -2.32. The average Bonchev–Trinajstić information content (AvgIpc) is 2.29. The number of hydrogen-bond acceptors (Lipinski definition) is 3. The van der Waals surface area contributed by atoms with Crippen LogP contribution < -0.4 is 5.73 Å². The summed E-state index contributed by atoms with van der Waals surface area (Å²) in [5, 5.41) is 0. The van der Waals surface area contributed by atoms with Gasteiger partial charge in [0.1, 0.15) is 6.42 Å². The van der Waals surface area contributed by atoms with Gasteiger partial charge in [-0.15, -0.1) is 0 Å². The predicted molar refractivity (Wildman–Crippen MR) is 66.3 cm³/mol. The Bertz CT molecular complexity index is 277. The molecular weight excluding hydrogens is 218 g/mol. The van der Waals surface area contributed by atoms with E-state index in [4.69, 9.17) is 5.73 Å². The first-order chi connectivity index (χ1) is 8.04. The summed E-state index contributed by atoms with van der Waals surface area (Å²) in [5.41, 5.74) is 5.54. The summed E-state index contributed by atoms with van der Waals surface area (Å²) in [5.74, 6) is 0.327. The van der Waals surface area contributed by atoms with E-state index in [2.05, 4.69) is 0 Å². The summed E-state index contributed by atoms with van der Waals surface area (Å²) in [7, 11) is 3.34. The van der Waals surface area contributed by atoms with Crippen molar-refractivity contribution in [3.8, 4) is 0 Å². The molecule has 0 aromatic rings. The van der Waals surface area contributed by atoms with Crippen molar-refractivity contribution in [2.45, 2.75) is 25.7 Å². The minimum absolute atomic E-state index is 0.0116. The maximum Gasteiger partial charge on any atom is 0.232 e. The summed E-state index contributed by atoms with van der Waals surface area (Å²) in [4.78, 5) is 26.6. The smallest absolute Gasteiger partial charge is 0.232 e. The molecular formula is C12H23N3O2. The van der Waals surface area contributed by atoms with Gasteiger partial charge in [0.05, 0.1) is 0 Å². The summed E-state index contributed by atoms with van der Waals surface area (Å²) in [6.07, 6.45) is 3.11. The van der Waals surface area contributed by atoms with Gasteiger partial charge < -0.3 is 15.5 Å². The highest BCUT2D eigenvalue weighted by Crippen LogP contribution is 2.19. The number of nitrogens with zero attached hydrogens (tertiary/aromatic N) is 2. The van der Waals surface area contributed by atoms with E-state index in [9.17, 15) is 9.59 Å². The van der Waals surface area contributed by atoms with Gasteiger partial charge in [0.2, 0.25) is 11.8 Å². The number of rotatable bonds is 4. The van der Waals surface area contributed by atoms with E-state index in [0.717, 1.165) is 32.4 Å². The number of amides is 2. The number of nitrogens with two attached hydrogens (primary N) is 1. The fraction of sp³-hybridized carbons (Fsp3) is 0.833. The molecule has 1 heterocycles. The molecule has 0 radical (unpaired) electrons. The molecule has 2 N–H and O–H groups in total. The molecule has 0 spiro atoms. The SMILES string of the molecule is CN(C)C(=O)CC(=O)N1CCCC(CCN)C1. The lowest BCUT2D eigenvalue weighted by atomic mass is 9.94. The third-order valence-corrected chi connectivity index (χ3v) is 3.25. The Kier molecular flexibility index (Phi) is 5.41. The van der Waals surface area contributed by atoms with Crippen LogP contribution in [0.15, 0.2) is 0 Å². The molecule has 1 fully saturated rings. The Balaban J connectivity index is 2.43. The van der Waals surface area contributed by atoms with Gasteiger partial charge in [0.25, 0.3) is 0 Å². The van der Waals surface area contributed by atoms with E-state index in [0.29, 0.717) is 12.5 Å². The predicted octanol–water partition coefficient (Wildman–Crippen LogP) is 0.0521. The van der Waals surface area contributed by atoms with Gasteiger partial charge in [0, 0.05) is 27.2 Å². The standard InChI is InChI=1S/C12H23N3O2/c1-14(2)11(16)8-12(17)15-7-3-4-10(9-15)5-6-13/h10H,3-9,13H2,1-2H3. The third kappa shape index (κ3) is 4.34. The first-order valence-corrected chi connectivity index (χ1v) is 6.22. The molecule has 5 heteroatoms. The molecule has 5 nitrogen and oxygen atoms in total. The molecule has 0 saturated carbocycles. The van der Waals surface area contributed by atoms with Gasteiger partial charge in [0.15, 0.2) is 0 Å². The van der Waals surface area contributed by atoms with E-state index in [1.807, 2.05) is 4.90 Å². The molecule has 0 aliphatic carbocycles. The van der Waals surface area contributed by atoms with Crippen molar-refractivity contribution in [2.75, 3.05) is 33.7 Å². The molecule has 1 aliphatic rings. The van der Waals surface area contributed by atoms with Crippen molar-refractivity contribution in [2.24, 2.45) is 11.7 Å². The van der Waals surface area contributed by atoms with Crippen molar-refractivity contribution in [1.29, 1.82) is 0 Å². The van der Waals surface area contributed by atoms with E-state index < -0.39 is 0 Å². The minimum Gasteiger partial charge on any atom is -0.348 e. The molecule has 1 atom stereocenters. The lowest BCUT2D eigenvalue weighted by Crippen LogP contribution is -2.42. The van der Waals surface area contributed by atoms with Crippen molar-refractivity contribution >= 4 is 11.8 Å². The largest absolute Gasteiger partial charge is 0.348 e. The third-order valence-electron chi connectivity index (χ3n) is 3.25. The Morgan fingerprint density at radius 2 is 2.12 bits per heavy atom. The summed E-state index contributed by atoms with van der Waals surface area (Å²) in [6.45, 7) is 2.21. The Hall–Kier alpha value is -1.10. The van der Waals surface area contributed by atoms with Crippen LogP contribution in [0.5, 0.6) is 0 Å². The Morgan fingerprint density at radius 3 is 2.71 bits per heavy atom. The topological polar surface area (TPSA) is 66.6 Å². The molecule has 1 saturated heterocycles. The van der Waals surface area contributed by atoms with Gasteiger partial charge in [-0.3, -0.25) is 9.59 Å². The van der Waals surface area contributed by atoms with Crippen LogP contribution in [0.3, 0.4) is 0 Å². The number of carbonyl (C=O) groups is 2. The van der Waals surface area contributed by atoms with Crippen LogP contribution in [-0.2, 0) is 9.59 Å². The zero-order valence-electron chi connectivity index (χ0n) is 10.8. The van der Waals surface area contributed by atoms with Gasteiger partial charge >= 0.3 is 0 Å². The van der Waals surface area contributed by atoms with E-state index in [1.54, 1.807) is 14.1 Å². The zero-order valence-corrected chi connectivity index (χ0v) is 10.8. The first-order valence-electron chi connectivity index (χ1n) is 6.22. The van der Waals surface area contributed by atoms with Crippen molar-refractivity contribution in [3.05, 3.63) is 0 Å². The van der Waals surface area contributed by atoms with Crippen LogP contribution in [0.1, 0.15) is 25.7 Å². The summed E-state index contributed by atoms with van der Waals surface area (Å²) in [6, 6.07) is 0. The normalized spacial score (nSPS) is 20.2. The van der Waals surface area contributed by atoms with Gasteiger partial charge in [-0.05, 0) is 31.7 Å². The number of likely N-dealkylation sites (tertiary alicyclic amines) is 1. The molecule has 0 aromatic carbocycles. The molecule has 1 aliphatic heterocycles. The lowest BCUT2D eigenvalue weighted by molar-refractivity contribution is -0.140. The van der Waals surface area contributed by atoms with Gasteiger partial charge in [-0.2, -0.15) is 0 Å². The maximum absolute atomic E-state index is 11.9. The Morgan fingerprint density at radius 1 is 1.41 bits per heavy atom. The second-order valence-corrected chi connectivity index (χ2v) is 4.89. The summed E-state index contributed by atoms with van der Waals surface area (Å²) < 4.78 is 0. The van der Waals surface area contributed by atoms with Crippen molar-refractivity contribution in [1.82, 2.24) is 9.80 Å². The first kappa shape index (κ1) is 14.0.